The number of amides is 1. The van der Waals surface area contributed by atoms with Gasteiger partial charge in [-0.25, -0.2) is 9.59 Å². The van der Waals surface area contributed by atoms with Crippen LogP contribution in [0.3, 0.4) is 0 Å². The van der Waals surface area contributed by atoms with E-state index in [0.717, 1.165) is 7.11 Å². The summed E-state index contributed by atoms with van der Waals surface area (Å²) in [6, 6.07) is 2.11. The molecule has 1 aliphatic heterocycles. The first-order chi connectivity index (χ1) is 13.4. The molecule has 1 amide bonds. The number of aromatic hydroxyl groups is 1. The Labute approximate surface area is 169 Å². The quantitative estimate of drug-likeness (QED) is 0.459. The Bertz CT molecular complexity index is 807. The lowest BCUT2D eigenvalue weighted by Gasteiger charge is -2.45. The van der Waals surface area contributed by atoms with Crippen LogP contribution in [0.25, 0.3) is 0 Å². The number of phenols is 1. The van der Waals surface area contributed by atoms with Crippen LogP contribution < -0.4 is 4.90 Å². The van der Waals surface area contributed by atoms with Gasteiger partial charge in [-0.3, -0.25) is 15.0 Å². The Morgan fingerprint density at radius 2 is 1.76 bits per heavy atom. The molecule has 1 heterocycles. The van der Waals surface area contributed by atoms with Crippen LogP contribution in [0.15, 0.2) is 12.1 Å². The van der Waals surface area contributed by atoms with E-state index in [1.165, 1.54) is 12.1 Å². The number of benzene rings is 1. The van der Waals surface area contributed by atoms with Crippen LogP contribution in [0.5, 0.6) is 5.75 Å². The molecule has 0 unspecified atom stereocenters. The minimum absolute atomic E-state index is 0.169. The minimum atomic E-state index is -0.867. The summed E-state index contributed by atoms with van der Waals surface area (Å²) in [7, 11) is 1.13. The molecular weight excluding hydrogens is 382 g/mol. The second-order valence-electron chi connectivity index (χ2n) is 8.07. The molecule has 1 aromatic rings. The predicted octanol–water partition coefficient (Wildman–Crippen LogP) is 2.92. The van der Waals surface area contributed by atoms with Gasteiger partial charge in [0.15, 0.2) is 0 Å². The van der Waals surface area contributed by atoms with Gasteiger partial charge in [0.2, 0.25) is 5.75 Å². The molecular formula is C19H27N3O7. The van der Waals surface area contributed by atoms with Crippen LogP contribution >= 0.6 is 0 Å². The Balaban J connectivity index is 2.36. The molecule has 0 radical (unpaired) electrons. The first-order valence-electron chi connectivity index (χ1n) is 9.22. The van der Waals surface area contributed by atoms with Crippen molar-refractivity contribution >= 4 is 23.4 Å². The Morgan fingerprint density at radius 1 is 1.21 bits per heavy atom. The largest absolute Gasteiger partial charge is 0.501 e. The van der Waals surface area contributed by atoms with Gasteiger partial charge in [0.25, 0.3) is 0 Å². The third-order valence-corrected chi connectivity index (χ3v) is 4.58. The number of hydrogen-bond acceptors (Lipinski definition) is 8. The number of phenolic OH excluding ortho intramolecular Hbond substituents is 1. The Kier molecular flexibility index (Phi) is 6.24. The highest BCUT2D eigenvalue weighted by molar-refractivity contribution is 5.95. The second-order valence-corrected chi connectivity index (χ2v) is 8.07. The van der Waals surface area contributed by atoms with Gasteiger partial charge in [0, 0.05) is 13.1 Å². The average molecular weight is 409 g/mol. The lowest BCUT2D eigenvalue weighted by Crippen LogP contribution is -2.59. The maximum Gasteiger partial charge on any atom is 0.410 e. The summed E-state index contributed by atoms with van der Waals surface area (Å²) in [6.45, 7) is 9.58. The number of ether oxygens (including phenoxy) is 2. The molecule has 1 N–H and O–H groups in total. The van der Waals surface area contributed by atoms with Gasteiger partial charge in [-0.05, 0) is 46.8 Å². The lowest BCUT2D eigenvalue weighted by molar-refractivity contribution is -0.385. The van der Waals surface area contributed by atoms with Crippen molar-refractivity contribution in [1.29, 1.82) is 0 Å². The molecule has 29 heavy (non-hydrogen) atoms. The molecule has 2 atom stereocenters. The molecule has 2 rings (SSSR count). The van der Waals surface area contributed by atoms with Crippen molar-refractivity contribution in [3.63, 3.8) is 0 Å². The summed E-state index contributed by atoms with van der Waals surface area (Å²) in [5.74, 6) is -1.61. The van der Waals surface area contributed by atoms with Crippen molar-refractivity contribution in [2.24, 2.45) is 0 Å². The van der Waals surface area contributed by atoms with E-state index < -0.39 is 34.0 Å². The molecule has 10 heteroatoms. The topological polar surface area (TPSA) is 122 Å². The van der Waals surface area contributed by atoms with E-state index in [2.05, 4.69) is 4.74 Å². The zero-order chi connectivity index (χ0) is 22.1. The van der Waals surface area contributed by atoms with Crippen LogP contribution in [0.4, 0.5) is 16.2 Å². The van der Waals surface area contributed by atoms with E-state index in [4.69, 9.17) is 4.74 Å². The van der Waals surface area contributed by atoms with Crippen LogP contribution in [0.2, 0.25) is 0 Å². The number of methoxy groups -OCH3 is 1. The molecule has 1 saturated heterocycles. The van der Waals surface area contributed by atoms with Crippen LogP contribution in [0, 0.1) is 10.1 Å². The van der Waals surface area contributed by atoms with Crippen molar-refractivity contribution in [3.8, 4) is 5.75 Å². The van der Waals surface area contributed by atoms with E-state index in [-0.39, 0.29) is 23.3 Å². The van der Waals surface area contributed by atoms with Crippen molar-refractivity contribution in [1.82, 2.24) is 4.90 Å². The van der Waals surface area contributed by atoms with Crippen molar-refractivity contribution in [2.75, 3.05) is 25.1 Å². The zero-order valence-corrected chi connectivity index (χ0v) is 17.5. The molecule has 0 bridgehead atoms. The van der Waals surface area contributed by atoms with Gasteiger partial charge < -0.3 is 19.5 Å². The number of nitrogens with zero attached hydrogens (tertiary/aromatic N) is 3. The number of esters is 1. The molecule has 0 saturated carbocycles. The van der Waals surface area contributed by atoms with E-state index in [9.17, 15) is 24.8 Å². The van der Waals surface area contributed by atoms with Gasteiger partial charge >= 0.3 is 17.7 Å². The number of piperazine rings is 1. The van der Waals surface area contributed by atoms with Crippen molar-refractivity contribution in [3.05, 3.63) is 27.8 Å². The third kappa shape index (κ3) is 4.69. The average Bonchev–Trinajstić information content (AvgIpc) is 2.58. The van der Waals surface area contributed by atoms with Crippen LogP contribution in [-0.4, -0.2) is 64.9 Å². The fraction of sp³-hybridized carbons (Fsp3) is 0.579. The third-order valence-electron chi connectivity index (χ3n) is 4.58. The molecule has 0 spiro atoms. The fourth-order valence-electron chi connectivity index (χ4n) is 3.47. The van der Waals surface area contributed by atoms with E-state index in [0.29, 0.717) is 13.1 Å². The highest BCUT2D eigenvalue weighted by Gasteiger charge is 2.38. The first kappa shape index (κ1) is 22.3. The molecule has 0 aromatic heterocycles. The van der Waals surface area contributed by atoms with Crippen LogP contribution in [0.1, 0.15) is 45.0 Å². The van der Waals surface area contributed by atoms with Gasteiger partial charge in [-0.1, -0.05) is 0 Å². The fourth-order valence-corrected chi connectivity index (χ4v) is 3.47. The van der Waals surface area contributed by atoms with E-state index in [1.807, 2.05) is 13.8 Å². The zero-order valence-electron chi connectivity index (χ0n) is 17.5. The van der Waals surface area contributed by atoms with E-state index >= 15 is 0 Å². The normalized spacial score (nSPS) is 19.7. The van der Waals surface area contributed by atoms with Crippen LogP contribution in [-0.2, 0) is 9.47 Å². The maximum atomic E-state index is 12.5. The molecule has 0 aliphatic carbocycles. The second kappa shape index (κ2) is 8.14. The highest BCUT2D eigenvalue weighted by Crippen LogP contribution is 2.40. The van der Waals surface area contributed by atoms with Gasteiger partial charge in [-0.15, -0.1) is 0 Å². The standard InChI is InChI=1S/C19H27N3O7/c1-11-9-20(10-12(2)21(11)18(25)29-19(3,4)5)14-8-7-13(17(24)28-6)16(23)15(14)22(26)27/h7-8,11-12,23H,9-10H2,1-6H3/t11-,12-/m0/s1. The van der Waals surface area contributed by atoms with Gasteiger partial charge in [0.1, 0.15) is 16.9 Å². The molecule has 1 fully saturated rings. The van der Waals surface area contributed by atoms with E-state index in [1.54, 1.807) is 30.6 Å². The number of nitro benzene ring substituents is 1. The summed E-state index contributed by atoms with van der Waals surface area (Å²) in [5, 5.41) is 21.9. The monoisotopic (exact) mass is 409 g/mol. The van der Waals surface area contributed by atoms with Gasteiger partial charge in [-0.2, -0.15) is 0 Å². The number of hydrogen-bond donors (Lipinski definition) is 1. The number of anilines is 1. The smallest absolute Gasteiger partial charge is 0.410 e. The lowest BCUT2D eigenvalue weighted by atomic mass is 10.1. The predicted molar refractivity (Wildman–Crippen MR) is 105 cm³/mol. The molecule has 10 nitrogen and oxygen atoms in total. The Hall–Kier alpha value is -3.04. The maximum absolute atomic E-state index is 12.5. The summed E-state index contributed by atoms with van der Waals surface area (Å²) in [5.41, 5.74) is -1.32. The number of carbonyl (C=O) groups is 2. The SMILES string of the molecule is COC(=O)c1ccc(N2C[C@H](C)N(C(=O)OC(C)(C)C)[C@@H](C)C2)c([N+](=O)[O-])c1O. The summed E-state index contributed by atoms with van der Waals surface area (Å²) < 4.78 is 10.0. The van der Waals surface area contributed by atoms with Gasteiger partial charge in [0.05, 0.1) is 24.1 Å². The number of nitro groups is 1. The first-order valence-corrected chi connectivity index (χ1v) is 9.22. The highest BCUT2D eigenvalue weighted by atomic mass is 16.6. The summed E-state index contributed by atoms with van der Waals surface area (Å²) in [4.78, 5) is 38.5. The molecule has 1 aromatic carbocycles. The summed E-state index contributed by atoms with van der Waals surface area (Å²) in [6.07, 6.45) is -0.449. The number of carbonyl (C=O) groups excluding carboxylic acids is 2. The molecule has 160 valence electrons. The Morgan fingerprint density at radius 3 is 2.21 bits per heavy atom. The minimum Gasteiger partial charge on any atom is -0.501 e. The number of rotatable bonds is 3. The molecule has 1 aliphatic rings. The summed E-state index contributed by atoms with van der Waals surface area (Å²) >= 11 is 0. The van der Waals surface area contributed by atoms with Crippen molar-refractivity contribution in [2.45, 2.75) is 52.3 Å². The van der Waals surface area contributed by atoms with Crippen molar-refractivity contribution < 1.29 is 29.1 Å².